The van der Waals surface area contributed by atoms with E-state index in [0.29, 0.717) is 11.3 Å². The van der Waals surface area contributed by atoms with Crippen LogP contribution in [0.2, 0.25) is 0 Å². The molecule has 5 rings (SSSR count). The van der Waals surface area contributed by atoms with Crippen molar-refractivity contribution < 1.29 is 39.6 Å². The van der Waals surface area contributed by atoms with Crippen LogP contribution in [0.15, 0.2) is 12.1 Å². The number of hydrogen-bond acceptors (Lipinski definition) is 11. The number of fused-ring (bicyclic) bond motifs is 3. The molecular weight excluding hydrogens is 532 g/mol. The average molecular weight is 573 g/mol. The molecule has 1 amide bonds. The highest BCUT2D eigenvalue weighted by Crippen LogP contribution is 2.52. The minimum absolute atomic E-state index is 0.0259. The van der Waals surface area contributed by atoms with Crippen molar-refractivity contribution in [2.45, 2.75) is 62.5 Å². The Hall–Kier alpha value is -2.90. The van der Waals surface area contributed by atoms with Crippen molar-refractivity contribution in [2.75, 3.05) is 39.0 Å². The standard InChI is InChI=1S/C29H40N4O8/c1-4-9-33-10-7-14(8-11-33)31-16-6-5-13-12-15-18(24(36)17(13)23(16)35)26(38)29(41)20(22(15)34)21(32(2)3)25(37)19(27(29)39)28(30)40/h5-6,14-15,18-22,25,31,34-35,37,41H,4,7-12H2,1-3H3,(H2,30,40)/t15-,18?,19?,20-,21+,22+,25?,29+/m0/s1. The number of rotatable bonds is 6. The lowest BCUT2D eigenvalue weighted by Crippen LogP contribution is -2.78. The Kier molecular flexibility index (Phi) is 7.75. The zero-order valence-corrected chi connectivity index (χ0v) is 23.6. The number of nitrogens with two attached hydrogens (primary N) is 1. The minimum atomic E-state index is -2.93. The van der Waals surface area contributed by atoms with E-state index in [0.717, 1.165) is 38.9 Å². The molecule has 1 saturated heterocycles. The van der Waals surface area contributed by atoms with E-state index in [1.165, 1.54) is 19.0 Å². The molecule has 1 aromatic carbocycles. The highest BCUT2D eigenvalue weighted by molar-refractivity contribution is 6.25. The third-order valence-corrected chi connectivity index (χ3v) is 9.73. The summed E-state index contributed by atoms with van der Waals surface area (Å²) in [5, 5.41) is 48.8. The molecule has 8 atom stereocenters. The van der Waals surface area contributed by atoms with E-state index in [9.17, 15) is 39.6 Å². The summed E-state index contributed by atoms with van der Waals surface area (Å²) in [5.74, 6) is -10.9. The number of primary amides is 1. The van der Waals surface area contributed by atoms with Gasteiger partial charge in [-0.15, -0.1) is 0 Å². The number of nitrogens with one attached hydrogen (secondary N) is 1. The zero-order valence-electron chi connectivity index (χ0n) is 23.6. The second kappa shape index (κ2) is 10.7. The summed E-state index contributed by atoms with van der Waals surface area (Å²) < 4.78 is 0. The molecule has 1 heterocycles. The number of phenolic OH excluding ortho intramolecular Hbond substituents is 1. The molecule has 224 valence electrons. The van der Waals surface area contributed by atoms with Gasteiger partial charge < -0.3 is 41.3 Å². The van der Waals surface area contributed by atoms with Gasteiger partial charge in [-0.1, -0.05) is 13.0 Å². The van der Waals surface area contributed by atoms with Crippen LogP contribution in [0.3, 0.4) is 0 Å². The summed E-state index contributed by atoms with van der Waals surface area (Å²) in [6.45, 7) is 4.98. The number of nitrogens with zero attached hydrogens (tertiary/aromatic N) is 2. The molecule has 3 fully saturated rings. The summed E-state index contributed by atoms with van der Waals surface area (Å²) >= 11 is 0. The van der Waals surface area contributed by atoms with Gasteiger partial charge in [0, 0.05) is 37.0 Å². The van der Waals surface area contributed by atoms with Gasteiger partial charge in [0.15, 0.2) is 23.0 Å². The van der Waals surface area contributed by atoms with Crippen molar-refractivity contribution in [2.24, 2.45) is 29.4 Å². The number of likely N-dealkylation sites (tertiary alicyclic amines) is 1. The average Bonchev–Trinajstić information content (AvgIpc) is 2.91. The molecule has 2 saturated carbocycles. The van der Waals surface area contributed by atoms with Crippen LogP contribution in [-0.2, 0) is 20.8 Å². The molecular formula is C29H40N4O8. The number of aromatic hydroxyl groups is 1. The fourth-order valence-electron chi connectivity index (χ4n) is 7.76. The maximum absolute atomic E-state index is 14.0. The monoisotopic (exact) mass is 572 g/mol. The SMILES string of the molecule is CCCN1CCC(Nc2ccc3c(c2O)C(=O)C2C(=O)[C@@]4(O)C(=O)C(C(N)=O)C(O)[C@H](N(C)C)[C@H]4[C@H](O)[C@H]2C3)CC1. The first kappa shape index (κ1) is 29.6. The van der Waals surface area contributed by atoms with Crippen LogP contribution in [0.25, 0.3) is 0 Å². The molecule has 0 radical (unpaired) electrons. The van der Waals surface area contributed by atoms with Gasteiger partial charge >= 0.3 is 0 Å². The van der Waals surface area contributed by atoms with Gasteiger partial charge in [-0.2, -0.15) is 0 Å². The van der Waals surface area contributed by atoms with Gasteiger partial charge in [0.1, 0.15) is 11.7 Å². The predicted molar refractivity (Wildman–Crippen MR) is 147 cm³/mol. The third kappa shape index (κ3) is 4.47. The number of amides is 1. The molecule has 3 aliphatic carbocycles. The molecule has 12 heteroatoms. The van der Waals surface area contributed by atoms with Crippen molar-refractivity contribution >= 4 is 28.9 Å². The van der Waals surface area contributed by atoms with Crippen LogP contribution in [0.5, 0.6) is 5.75 Å². The number of hydrogen-bond donors (Lipinski definition) is 6. The quantitative estimate of drug-likeness (QED) is 0.179. The Bertz CT molecular complexity index is 1260. The van der Waals surface area contributed by atoms with Gasteiger partial charge in [-0.05, 0) is 58.0 Å². The van der Waals surface area contributed by atoms with Crippen LogP contribution in [0, 0.1) is 23.7 Å². The molecule has 12 nitrogen and oxygen atoms in total. The highest BCUT2D eigenvalue weighted by Gasteiger charge is 2.72. The Morgan fingerprint density at radius 1 is 1.12 bits per heavy atom. The molecule has 0 spiro atoms. The number of benzene rings is 1. The van der Waals surface area contributed by atoms with Gasteiger partial charge in [0.05, 0.1) is 29.4 Å². The summed E-state index contributed by atoms with van der Waals surface area (Å²) in [5.41, 5.74) is 3.17. The molecule has 7 N–H and O–H groups in total. The van der Waals surface area contributed by atoms with E-state index in [1.807, 2.05) is 0 Å². The minimum Gasteiger partial charge on any atom is -0.505 e. The van der Waals surface area contributed by atoms with Crippen molar-refractivity contribution in [1.82, 2.24) is 9.80 Å². The third-order valence-electron chi connectivity index (χ3n) is 9.73. The Morgan fingerprint density at radius 3 is 2.37 bits per heavy atom. The highest BCUT2D eigenvalue weighted by atomic mass is 16.3. The van der Waals surface area contributed by atoms with Crippen LogP contribution in [-0.4, -0.2) is 117 Å². The molecule has 3 unspecified atom stereocenters. The first-order chi connectivity index (χ1) is 19.3. The summed E-state index contributed by atoms with van der Waals surface area (Å²) in [4.78, 5) is 57.3. The second-order valence-corrected chi connectivity index (χ2v) is 12.3. The van der Waals surface area contributed by atoms with Crippen molar-refractivity contribution in [3.05, 3.63) is 23.3 Å². The Labute approximate surface area is 238 Å². The van der Waals surface area contributed by atoms with Gasteiger partial charge in [0.25, 0.3) is 0 Å². The number of carbonyl (C=O) groups is 4. The number of aliphatic hydroxyl groups is 3. The molecule has 0 bridgehead atoms. The van der Waals surface area contributed by atoms with Crippen LogP contribution < -0.4 is 11.1 Å². The lowest BCUT2D eigenvalue weighted by Gasteiger charge is -2.56. The second-order valence-electron chi connectivity index (χ2n) is 12.3. The van der Waals surface area contributed by atoms with E-state index >= 15 is 0 Å². The first-order valence-corrected chi connectivity index (χ1v) is 14.3. The van der Waals surface area contributed by atoms with Crippen molar-refractivity contribution in [3.63, 3.8) is 0 Å². The number of carbonyl (C=O) groups excluding carboxylic acids is 4. The lowest BCUT2D eigenvalue weighted by molar-refractivity contribution is -0.207. The van der Waals surface area contributed by atoms with Gasteiger partial charge in [-0.25, -0.2) is 0 Å². The fourth-order valence-corrected chi connectivity index (χ4v) is 7.76. The number of piperidine rings is 1. The topological polar surface area (TPSA) is 194 Å². The van der Waals surface area contributed by atoms with Crippen LogP contribution >= 0.6 is 0 Å². The number of ketones is 3. The van der Waals surface area contributed by atoms with Crippen molar-refractivity contribution in [1.29, 1.82) is 0 Å². The van der Waals surface area contributed by atoms with E-state index in [2.05, 4.69) is 17.1 Å². The lowest BCUT2D eigenvalue weighted by atomic mass is 9.51. The van der Waals surface area contributed by atoms with Crippen LogP contribution in [0.4, 0.5) is 5.69 Å². The molecule has 41 heavy (non-hydrogen) atoms. The Balaban J connectivity index is 1.49. The summed E-state index contributed by atoms with van der Waals surface area (Å²) in [6.07, 6.45) is -0.432. The van der Waals surface area contributed by atoms with E-state index in [4.69, 9.17) is 5.73 Å². The van der Waals surface area contributed by atoms with Crippen LogP contribution in [0.1, 0.15) is 42.1 Å². The maximum atomic E-state index is 14.0. The summed E-state index contributed by atoms with van der Waals surface area (Å²) in [7, 11) is 3.04. The molecule has 0 aromatic heterocycles. The number of aliphatic hydroxyl groups excluding tert-OH is 2. The first-order valence-electron chi connectivity index (χ1n) is 14.3. The number of Topliss-reactive ketones (excluding diaryl/α,β-unsaturated/α-hetero) is 3. The predicted octanol–water partition coefficient (Wildman–Crippen LogP) is -1.08. The number of anilines is 1. The maximum Gasteiger partial charge on any atom is 0.230 e. The summed E-state index contributed by atoms with van der Waals surface area (Å²) in [6, 6.07) is 2.26. The molecule has 1 aliphatic heterocycles. The fraction of sp³-hybridized carbons (Fsp3) is 0.655. The largest absolute Gasteiger partial charge is 0.505 e. The Morgan fingerprint density at radius 2 is 1.78 bits per heavy atom. The van der Waals surface area contributed by atoms with Gasteiger partial charge in [-0.3, -0.25) is 19.2 Å². The zero-order chi connectivity index (χ0) is 30.0. The smallest absolute Gasteiger partial charge is 0.230 e. The number of likely N-dealkylation sites (N-methyl/N-ethyl adjacent to an activating group) is 1. The van der Waals surface area contributed by atoms with E-state index in [1.54, 1.807) is 12.1 Å². The van der Waals surface area contributed by atoms with E-state index in [-0.39, 0.29) is 23.8 Å². The number of phenols is 1. The van der Waals surface area contributed by atoms with Crippen molar-refractivity contribution in [3.8, 4) is 5.75 Å². The molecule has 1 aromatic rings. The van der Waals surface area contributed by atoms with E-state index < -0.39 is 70.8 Å². The normalized spacial score (nSPS) is 36.1. The molecule has 4 aliphatic rings. The van der Waals surface area contributed by atoms with Gasteiger partial charge in [0.2, 0.25) is 5.91 Å².